The van der Waals surface area contributed by atoms with Gasteiger partial charge in [0, 0.05) is 32.7 Å². The summed E-state index contributed by atoms with van der Waals surface area (Å²) in [6.07, 6.45) is -0.0517. The predicted octanol–water partition coefficient (Wildman–Crippen LogP) is -0.811. The number of methoxy groups -OCH3 is 1. The fourth-order valence-electron chi connectivity index (χ4n) is 1.88. The van der Waals surface area contributed by atoms with Crippen molar-refractivity contribution >= 4 is 5.91 Å². The molecule has 0 aromatic heterocycles. The molecule has 1 fully saturated rings. The van der Waals surface area contributed by atoms with Gasteiger partial charge < -0.3 is 20.5 Å². The van der Waals surface area contributed by atoms with Crippen molar-refractivity contribution in [1.29, 1.82) is 0 Å². The van der Waals surface area contributed by atoms with E-state index in [1.54, 1.807) is 11.8 Å². The lowest BCUT2D eigenvalue weighted by molar-refractivity contribution is -0.140. The van der Waals surface area contributed by atoms with Crippen molar-refractivity contribution in [3.8, 4) is 0 Å². The first-order valence-electron chi connectivity index (χ1n) is 5.29. The third-order valence-electron chi connectivity index (χ3n) is 2.99. The van der Waals surface area contributed by atoms with Crippen molar-refractivity contribution in [3.63, 3.8) is 0 Å². The lowest BCUT2D eigenvalue weighted by Gasteiger charge is -2.22. The molecule has 0 aliphatic carbocycles. The Labute approximate surface area is 90.2 Å². The summed E-state index contributed by atoms with van der Waals surface area (Å²) in [6, 6.07) is 0. The lowest BCUT2D eigenvalue weighted by Crippen LogP contribution is -2.43. The number of aliphatic hydroxyl groups is 1. The number of likely N-dealkylation sites (tertiary alicyclic amines) is 1. The third-order valence-corrected chi connectivity index (χ3v) is 2.99. The SMILES string of the molecule is COC(CN)C(=O)N1CCC(C(C)O)C1. The van der Waals surface area contributed by atoms with Crippen molar-refractivity contribution in [2.24, 2.45) is 11.7 Å². The molecule has 1 aliphatic heterocycles. The number of hydrogen-bond donors (Lipinski definition) is 2. The van der Waals surface area contributed by atoms with Crippen LogP contribution in [0, 0.1) is 5.92 Å². The van der Waals surface area contributed by atoms with Crippen LogP contribution in [0.15, 0.2) is 0 Å². The highest BCUT2D eigenvalue weighted by Gasteiger charge is 2.32. The second-order valence-corrected chi connectivity index (χ2v) is 4.03. The quantitative estimate of drug-likeness (QED) is 0.644. The molecular formula is C10H20N2O3. The predicted molar refractivity (Wildman–Crippen MR) is 56.2 cm³/mol. The summed E-state index contributed by atoms with van der Waals surface area (Å²) in [4.78, 5) is 13.5. The minimum absolute atomic E-state index is 0.0665. The van der Waals surface area contributed by atoms with E-state index in [1.807, 2.05) is 0 Å². The average molecular weight is 216 g/mol. The third kappa shape index (κ3) is 2.90. The van der Waals surface area contributed by atoms with Gasteiger partial charge in [-0.15, -0.1) is 0 Å². The zero-order valence-corrected chi connectivity index (χ0v) is 9.35. The van der Waals surface area contributed by atoms with E-state index in [9.17, 15) is 9.90 Å². The smallest absolute Gasteiger partial charge is 0.253 e. The number of amides is 1. The first-order chi connectivity index (χ1) is 7.10. The summed E-state index contributed by atoms with van der Waals surface area (Å²) in [6.45, 7) is 3.26. The van der Waals surface area contributed by atoms with Crippen LogP contribution in [-0.2, 0) is 9.53 Å². The van der Waals surface area contributed by atoms with Crippen LogP contribution in [0.1, 0.15) is 13.3 Å². The molecule has 1 rings (SSSR count). The molecule has 0 aromatic carbocycles. The number of nitrogens with two attached hydrogens (primary N) is 1. The Morgan fingerprint density at radius 1 is 1.73 bits per heavy atom. The molecule has 5 nitrogen and oxygen atoms in total. The van der Waals surface area contributed by atoms with Crippen molar-refractivity contribution in [1.82, 2.24) is 4.90 Å². The average Bonchev–Trinajstić information content (AvgIpc) is 2.68. The first kappa shape index (κ1) is 12.4. The molecule has 1 heterocycles. The van der Waals surface area contributed by atoms with Crippen molar-refractivity contribution in [3.05, 3.63) is 0 Å². The molecule has 3 atom stereocenters. The van der Waals surface area contributed by atoms with Gasteiger partial charge in [-0.1, -0.05) is 0 Å². The van der Waals surface area contributed by atoms with Gasteiger partial charge in [-0.3, -0.25) is 4.79 Å². The number of nitrogens with zero attached hydrogens (tertiary/aromatic N) is 1. The Morgan fingerprint density at radius 2 is 2.40 bits per heavy atom. The Hall–Kier alpha value is -0.650. The van der Waals surface area contributed by atoms with Crippen LogP contribution in [0.3, 0.4) is 0 Å². The van der Waals surface area contributed by atoms with Crippen LogP contribution in [0.5, 0.6) is 0 Å². The van der Waals surface area contributed by atoms with Gasteiger partial charge in [0.15, 0.2) is 0 Å². The van der Waals surface area contributed by atoms with Gasteiger partial charge in [0.25, 0.3) is 5.91 Å². The van der Waals surface area contributed by atoms with Crippen LogP contribution in [0.2, 0.25) is 0 Å². The number of hydrogen-bond acceptors (Lipinski definition) is 4. The number of carbonyl (C=O) groups excluding carboxylic acids is 1. The molecule has 1 aliphatic rings. The van der Waals surface area contributed by atoms with Crippen LogP contribution >= 0.6 is 0 Å². The van der Waals surface area contributed by atoms with Gasteiger partial charge in [-0.05, 0) is 13.3 Å². The summed E-state index contributed by atoms with van der Waals surface area (Å²) in [5.74, 6) is 0.118. The van der Waals surface area contributed by atoms with Crippen LogP contribution in [0.25, 0.3) is 0 Å². The van der Waals surface area contributed by atoms with Crippen molar-refractivity contribution in [2.45, 2.75) is 25.6 Å². The van der Waals surface area contributed by atoms with Crippen molar-refractivity contribution in [2.75, 3.05) is 26.7 Å². The largest absolute Gasteiger partial charge is 0.393 e. The van der Waals surface area contributed by atoms with E-state index in [0.29, 0.717) is 13.1 Å². The summed E-state index contributed by atoms with van der Waals surface area (Å²) in [7, 11) is 1.48. The second-order valence-electron chi connectivity index (χ2n) is 4.03. The second kappa shape index (κ2) is 5.44. The fourth-order valence-corrected chi connectivity index (χ4v) is 1.88. The summed E-state index contributed by atoms with van der Waals surface area (Å²) < 4.78 is 4.99. The topological polar surface area (TPSA) is 75.8 Å². The molecule has 0 bridgehead atoms. The molecular weight excluding hydrogens is 196 g/mol. The molecule has 5 heteroatoms. The summed E-state index contributed by atoms with van der Waals surface area (Å²) in [5.41, 5.74) is 5.42. The normalized spacial score (nSPS) is 25.3. The standard InChI is InChI=1S/C10H20N2O3/c1-7(13)8-3-4-12(6-8)10(14)9(5-11)15-2/h7-9,13H,3-6,11H2,1-2H3. The molecule has 0 spiro atoms. The maximum Gasteiger partial charge on any atom is 0.253 e. The minimum Gasteiger partial charge on any atom is -0.393 e. The molecule has 1 saturated heterocycles. The molecule has 0 aromatic rings. The van der Waals surface area contributed by atoms with E-state index in [1.165, 1.54) is 7.11 Å². The van der Waals surface area contributed by atoms with Gasteiger partial charge in [0.1, 0.15) is 6.10 Å². The van der Waals surface area contributed by atoms with Gasteiger partial charge in [0.2, 0.25) is 0 Å². The number of ether oxygens (including phenoxy) is 1. The molecule has 1 amide bonds. The maximum atomic E-state index is 11.8. The highest BCUT2D eigenvalue weighted by molar-refractivity contribution is 5.81. The van der Waals surface area contributed by atoms with Gasteiger partial charge in [-0.2, -0.15) is 0 Å². The first-order valence-corrected chi connectivity index (χ1v) is 5.29. The molecule has 0 saturated carbocycles. The maximum absolute atomic E-state index is 11.8. The fraction of sp³-hybridized carbons (Fsp3) is 0.900. The molecule has 88 valence electrons. The van der Waals surface area contributed by atoms with E-state index >= 15 is 0 Å². The van der Waals surface area contributed by atoms with E-state index in [-0.39, 0.29) is 24.5 Å². The van der Waals surface area contributed by atoms with Crippen LogP contribution in [0.4, 0.5) is 0 Å². The van der Waals surface area contributed by atoms with Crippen LogP contribution < -0.4 is 5.73 Å². The van der Waals surface area contributed by atoms with Crippen LogP contribution in [-0.4, -0.2) is 54.9 Å². The highest BCUT2D eigenvalue weighted by Crippen LogP contribution is 2.20. The minimum atomic E-state index is -0.544. The van der Waals surface area contributed by atoms with Crippen molar-refractivity contribution < 1.29 is 14.6 Å². The van der Waals surface area contributed by atoms with E-state index in [0.717, 1.165) is 6.42 Å². The Morgan fingerprint density at radius 3 is 2.80 bits per heavy atom. The van der Waals surface area contributed by atoms with E-state index in [4.69, 9.17) is 10.5 Å². The molecule has 3 N–H and O–H groups in total. The zero-order chi connectivity index (χ0) is 11.4. The summed E-state index contributed by atoms with van der Waals surface area (Å²) >= 11 is 0. The van der Waals surface area contributed by atoms with Gasteiger partial charge in [-0.25, -0.2) is 0 Å². The highest BCUT2D eigenvalue weighted by atomic mass is 16.5. The Balaban J connectivity index is 2.49. The Bertz CT molecular complexity index is 217. The number of carbonyl (C=O) groups is 1. The number of rotatable bonds is 4. The lowest BCUT2D eigenvalue weighted by atomic mass is 10.0. The van der Waals surface area contributed by atoms with E-state index in [2.05, 4.69) is 0 Å². The van der Waals surface area contributed by atoms with Gasteiger partial charge >= 0.3 is 0 Å². The number of aliphatic hydroxyl groups excluding tert-OH is 1. The Kier molecular flexibility index (Phi) is 4.50. The zero-order valence-electron chi connectivity index (χ0n) is 9.35. The van der Waals surface area contributed by atoms with E-state index < -0.39 is 6.10 Å². The molecule has 15 heavy (non-hydrogen) atoms. The monoisotopic (exact) mass is 216 g/mol. The summed E-state index contributed by atoms with van der Waals surface area (Å²) in [5, 5.41) is 9.41. The molecule has 3 unspecified atom stereocenters. The van der Waals surface area contributed by atoms with Gasteiger partial charge in [0.05, 0.1) is 6.10 Å². The molecule has 0 radical (unpaired) electrons.